The van der Waals surface area contributed by atoms with Crippen molar-refractivity contribution in [1.29, 1.82) is 0 Å². The lowest BCUT2D eigenvalue weighted by molar-refractivity contribution is 0.0921. The zero-order chi connectivity index (χ0) is 13.1. The molecule has 2 atom stereocenters. The van der Waals surface area contributed by atoms with Gasteiger partial charge in [0.1, 0.15) is 0 Å². The number of benzene rings is 1. The largest absolute Gasteiger partial charge is 0.348 e. The van der Waals surface area contributed by atoms with Crippen LogP contribution in [0.3, 0.4) is 0 Å². The Morgan fingerprint density at radius 3 is 2.83 bits per heavy atom. The molecular formula is C13H16BrClN2O. The predicted molar refractivity (Wildman–Crippen MR) is 76.8 cm³/mol. The molecular weight excluding hydrogens is 316 g/mol. The first-order chi connectivity index (χ1) is 8.59. The smallest absolute Gasteiger partial charge is 0.253 e. The van der Waals surface area contributed by atoms with Gasteiger partial charge in [0.25, 0.3) is 5.91 Å². The molecule has 1 amide bonds. The number of carbonyl (C=O) groups excluding carboxylic acids is 1. The number of carbonyl (C=O) groups is 1. The van der Waals surface area contributed by atoms with Crippen molar-refractivity contribution >= 4 is 33.4 Å². The van der Waals surface area contributed by atoms with Crippen molar-refractivity contribution in [3.8, 4) is 0 Å². The number of halogens is 2. The summed E-state index contributed by atoms with van der Waals surface area (Å²) in [6, 6.07) is 5.43. The van der Waals surface area contributed by atoms with Crippen LogP contribution in [0.2, 0.25) is 5.02 Å². The molecule has 1 aliphatic rings. The summed E-state index contributed by atoms with van der Waals surface area (Å²) in [7, 11) is 0. The van der Waals surface area contributed by atoms with Crippen molar-refractivity contribution in [2.75, 3.05) is 0 Å². The molecule has 3 N–H and O–H groups in total. The Bertz CT molecular complexity index is 453. The highest BCUT2D eigenvalue weighted by atomic mass is 79.9. The molecule has 0 saturated heterocycles. The monoisotopic (exact) mass is 330 g/mol. The van der Waals surface area contributed by atoms with E-state index in [9.17, 15) is 4.79 Å². The average Bonchev–Trinajstić information content (AvgIpc) is 2.35. The van der Waals surface area contributed by atoms with Crippen LogP contribution in [0.5, 0.6) is 0 Å². The molecule has 0 aliphatic heterocycles. The van der Waals surface area contributed by atoms with Gasteiger partial charge in [0, 0.05) is 16.6 Å². The summed E-state index contributed by atoms with van der Waals surface area (Å²) < 4.78 is 0.727. The summed E-state index contributed by atoms with van der Waals surface area (Å²) in [5.74, 6) is -0.149. The van der Waals surface area contributed by atoms with Crippen molar-refractivity contribution in [2.24, 2.45) is 5.73 Å². The van der Waals surface area contributed by atoms with Crippen LogP contribution in [-0.4, -0.2) is 18.0 Å². The lowest BCUT2D eigenvalue weighted by Gasteiger charge is -2.29. The van der Waals surface area contributed by atoms with Gasteiger partial charge in [-0.25, -0.2) is 0 Å². The fourth-order valence-electron chi connectivity index (χ4n) is 2.26. The summed E-state index contributed by atoms with van der Waals surface area (Å²) >= 11 is 9.42. The van der Waals surface area contributed by atoms with Crippen molar-refractivity contribution in [3.05, 3.63) is 33.3 Å². The van der Waals surface area contributed by atoms with Gasteiger partial charge in [-0.3, -0.25) is 4.79 Å². The zero-order valence-electron chi connectivity index (χ0n) is 9.96. The van der Waals surface area contributed by atoms with Crippen molar-refractivity contribution < 1.29 is 4.79 Å². The minimum absolute atomic E-state index is 0.0497. The number of hydrogen-bond donors (Lipinski definition) is 2. The number of rotatable bonds is 2. The summed E-state index contributed by atoms with van der Waals surface area (Å²) in [6.45, 7) is 0. The van der Waals surface area contributed by atoms with E-state index >= 15 is 0 Å². The first kappa shape index (κ1) is 13.8. The molecule has 0 radical (unpaired) electrons. The van der Waals surface area contributed by atoms with Gasteiger partial charge in [-0.15, -0.1) is 0 Å². The van der Waals surface area contributed by atoms with E-state index in [1.807, 2.05) is 6.07 Å². The zero-order valence-corrected chi connectivity index (χ0v) is 12.3. The second-order valence-electron chi connectivity index (χ2n) is 4.63. The van der Waals surface area contributed by atoms with E-state index in [4.69, 9.17) is 17.3 Å². The molecule has 18 heavy (non-hydrogen) atoms. The van der Waals surface area contributed by atoms with E-state index in [2.05, 4.69) is 21.2 Å². The molecule has 3 nitrogen and oxygen atoms in total. The highest BCUT2D eigenvalue weighted by Crippen LogP contribution is 2.26. The van der Waals surface area contributed by atoms with E-state index in [1.54, 1.807) is 12.1 Å². The summed E-state index contributed by atoms with van der Waals surface area (Å²) in [5.41, 5.74) is 6.51. The number of nitrogens with one attached hydrogen (secondary N) is 1. The maximum atomic E-state index is 12.2. The van der Waals surface area contributed by atoms with Crippen LogP contribution in [-0.2, 0) is 0 Å². The van der Waals surface area contributed by atoms with E-state index < -0.39 is 0 Å². The first-order valence-corrected chi connectivity index (χ1v) is 7.27. The quantitative estimate of drug-likeness (QED) is 0.875. The minimum atomic E-state index is -0.149. The molecule has 0 spiro atoms. The van der Waals surface area contributed by atoms with Gasteiger partial charge in [-0.05, 0) is 40.9 Å². The molecule has 1 saturated carbocycles. The standard InChI is InChI=1S/C13H16BrClN2O/c14-9-5-3-4-8(12(9)15)13(18)17-11-7-2-1-6-10(11)16/h3-5,10-11H,1-2,6-7,16H2,(H,17,18)/t10-,11-/m1/s1. The van der Waals surface area contributed by atoms with Gasteiger partial charge in [-0.1, -0.05) is 30.5 Å². The molecule has 1 aliphatic carbocycles. The van der Waals surface area contributed by atoms with E-state index in [1.165, 1.54) is 0 Å². The van der Waals surface area contributed by atoms with Crippen LogP contribution in [0.25, 0.3) is 0 Å². The predicted octanol–water partition coefficient (Wildman–Crippen LogP) is 3.10. The molecule has 0 bridgehead atoms. The maximum absolute atomic E-state index is 12.2. The van der Waals surface area contributed by atoms with Crippen LogP contribution < -0.4 is 11.1 Å². The molecule has 0 aromatic heterocycles. The van der Waals surface area contributed by atoms with Gasteiger partial charge in [0.2, 0.25) is 0 Å². The van der Waals surface area contributed by atoms with Crippen molar-refractivity contribution in [3.63, 3.8) is 0 Å². The van der Waals surface area contributed by atoms with Crippen LogP contribution in [0.1, 0.15) is 36.0 Å². The molecule has 0 unspecified atom stereocenters. The summed E-state index contributed by atoms with van der Waals surface area (Å²) in [4.78, 5) is 12.2. The van der Waals surface area contributed by atoms with Gasteiger partial charge in [0.05, 0.1) is 10.6 Å². The molecule has 1 aromatic carbocycles. The van der Waals surface area contributed by atoms with Gasteiger partial charge in [-0.2, -0.15) is 0 Å². The normalized spacial score (nSPS) is 23.7. The van der Waals surface area contributed by atoms with E-state index in [0.29, 0.717) is 10.6 Å². The lowest BCUT2D eigenvalue weighted by Crippen LogP contribution is -2.49. The third-order valence-corrected chi connectivity index (χ3v) is 4.63. The van der Waals surface area contributed by atoms with E-state index in [-0.39, 0.29) is 18.0 Å². The first-order valence-electron chi connectivity index (χ1n) is 6.10. The van der Waals surface area contributed by atoms with Gasteiger partial charge in [0.15, 0.2) is 0 Å². The van der Waals surface area contributed by atoms with Crippen molar-refractivity contribution in [2.45, 2.75) is 37.8 Å². The lowest BCUT2D eigenvalue weighted by atomic mass is 9.91. The topological polar surface area (TPSA) is 55.1 Å². The highest BCUT2D eigenvalue weighted by Gasteiger charge is 2.24. The fourth-order valence-corrected chi connectivity index (χ4v) is 2.84. The molecule has 2 rings (SSSR count). The number of hydrogen-bond acceptors (Lipinski definition) is 2. The minimum Gasteiger partial charge on any atom is -0.348 e. The molecule has 98 valence electrons. The van der Waals surface area contributed by atoms with Crippen LogP contribution >= 0.6 is 27.5 Å². The Balaban J connectivity index is 2.09. The summed E-state index contributed by atoms with van der Waals surface area (Å²) in [6.07, 6.45) is 4.17. The van der Waals surface area contributed by atoms with Gasteiger partial charge >= 0.3 is 0 Å². The Morgan fingerprint density at radius 2 is 2.11 bits per heavy atom. The second-order valence-corrected chi connectivity index (χ2v) is 5.86. The average molecular weight is 332 g/mol. The highest BCUT2D eigenvalue weighted by molar-refractivity contribution is 9.10. The molecule has 5 heteroatoms. The molecule has 0 heterocycles. The Labute approximate surface area is 120 Å². The summed E-state index contributed by atoms with van der Waals surface area (Å²) in [5, 5.41) is 3.43. The fraction of sp³-hybridized carbons (Fsp3) is 0.462. The van der Waals surface area contributed by atoms with Gasteiger partial charge < -0.3 is 11.1 Å². The molecule has 1 aromatic rings. The SMILES string of the molecule is N[C@@H]1CCCC[C@H]1NC(=O)c1cccc(Br)c1Cl. The second kappa shape index (κ2) is 6.04. The Morgan fingerprint density at radius 1 is 1.39 bits per heavy atom. The molecule has 1 fully saturated rings. The number of nitrogens with two attached hydrogens (primary N) is 1. The van der Waals surface area contributed by atoms with Crippen LogP contribution in [0, 0.1) is 0 Å². The third kappa shape index (κ3) is 3.05. The maximum Gasteiger partial charge on any atom is 0.253 e. The van der Waals surface area contributed by atoms with E-state index in [0.717, 1.165) is 30.2 Å². The van der Waals surface area contributed by atoms with Crippen molar-refractivity contribution in [1.82, 2.24) is 5.32 Å². The Kier molecular flexibility index (Phi) is 4.65. The van der Waals surface area contributed by atoms with Crippen LogP contribution in [0.4, 0.5) is 0 Å². The van der Waals surface area contributed by atoms with Crippen LogP contribution in [0.15, 0.2) is 22.7 Å². The third-order valence-electron chi connectivity index (χ3n) is 3.33. The Hall–Kier alpha value is -0.580. The number of amides is 1.